The number of anilines is 3. The van der Waals surface area contributed by atoms with Gasteiger partial charge < -0.3 is 15.1 Å². The van der Waals surface area contributed by atoms with Gasteiger partial charge in [0.25, 0.3) is 0 Å². The molecule has 0 radical (unpaired) electrons. The highest BCUT2D eigenvalue weighted by atomic mass is 16.2. The van der Waals surface area contributed by atoms with E-state index in [2.05, 4.69) is 35.2 Å². The smallest absolute Gasteiger partial charge is 0.246 e. The van der Waals surface area contributed by atoms with Gasteiger partial charge >= 0.3 is 0 Å². The summed E-state index contributed by atoms with van der Waals surface area (Å²) in [6.45, 7) is 7.51. The molecule has 0 saturated carbocycles. The van der Waals surface area contributed by atoms with E-state index in [-0.39, 0.29) is 12.5 Å². The second kappa shape index (κ2) is 8.85. The molecule has 1 amide bonds. The van der Waals surface area contributed by atoms with Crippen LogP contribution in [-0.2, 0) is 11.3 Å². The Morgan fingerprint density at radius 3 is 2.55 bits per heavy atom. The summed E-state index contributed by atoms with van der Waals surface area (Å²) >= 11 is 0. The predicted octanol–water partition coefficient (Wildman–Crippen LogP) is 2.80. The number of piperazine rings is 1. The van der Waals surface area contributed by atoms with Gasteiger partial charge in [-0.15, -0.1) is 0 Å². The van der Waals surface area contributed by atoms with E-state index in [4.69, 9.17) is 0 Å². The van der Waals surface area contributed by atoms with Crippen molar-refractivity contribution in [3.63, 3.8) is 0 Å². The van der Waals surface area contributed by atoms with E-state index in [0.29, 0.717) is 5.65 Å². The average Bonchev–Trinajstić information content (AvgIpc) is 3.25. The highest BCUT2D eigenvalue weighted by Gasteiger charge is 2.22. The van der Waals surface area contributed by atoms with Gasteiger partial charge in [0.05, 0.1) is 11.6 Å². The molecule has 1 aliphatic heterocycles. The van der Waals surface area contributed by atoms with Gasteiger partial charge in [0.15, 0.2) is 5.65 Å². The second-order valence-corrected chi connectivity index (χ2v) is 8.25. The molecule has 0 bridgehead atoms. The van der Waals surface area contributed by atoms with E-state index in [9.17, 15) is 4.79 Å². The van der Waals surface area contributed by atoms with Crippen LogP contribution in [0.3, 0.4) is 0 Å². The Labute approximate surface area is 192 Å². The summed E-state index contributed by atoms with van der Waals surface area (Å²) < 4.78 is 1.63. The lowest BCUT2D eigenvalue weighted by Gasteiger charge is -2.36. The van der Waals surface area contributed by atoms with Crippen LogP contribution in [0.15, 0.2) is 55.1 Å². The van der Waals surface area contributed by atoms with Crippen molar-refractivity contribution in [1.82, 2.24) is 24.7 Å². The van der Waals surface area contributed by atoms with Crippen molar-refractivity contribution in [3.05, 3.63) is 66.2 Å². The average molecular weight is 443 g/mol. The maximum Gasteiger partial charge on any atom is 0.246 e. The number of nitrogens with one attached hydrogen (secondary N) is 1. The largest absolute Gasteiger partial charge is 0.353 e. The third kappa shape index (κ3) is 4.34. The topological polar surface area (TPSA) is 92.1 Å². The number of aryl methyl sites for hydroxylation is 2. The summed E-state index contributed by atoms with van der Waals surface area (Å²) in [4.78, 5) is 30.5. The number of nitrogens with zero attached hydrogens (tertiary/aromatic N) is 7. The van der Waals surface area contributed by atoms with Gasteiger partial charge in [-0.1, -0.05) is 12.1 Å². The summed E-state index contributed by atoms with van der Waals surface area (Å²) in [5.41, 5.74) is 3.76. The first-order chi connectivity index (χ1) is 16.1. The Balaban J connectivity index is 1.29. The zero-order valence-electron chi connectivity index (χ0n) is 18.8. The fourth-order valence-corrected chi connectivity index (χ4v) is 4.09. The highest BCUT2D eigenvalue weighted by molar-refractivity contribution is 5.92. The first-order valence-corrected chi connectivity index (χ1v) is 11.0. The van der Waals surface area contributed by atoms with Gasteiger partial charge in [0.2, 0.25) is 5.91 Å². The first kappa shape index (κ1) is 20.9. The number of aromatic nitrogens is 5. The third-order valence-corrected chi connectivity index (χ3v) is 6.05. The molecule has 1 saturated heterocycles. The molecular weight excluding hydrogens is 416 g/mol. The van der Waals surface area contributed by atoms with E-state index in [1.54, 1.807) is 17.2 Å². The lowest BCUT2D eigenvalue weighted by Crippen LogP contribution is -2.47. The molecule has 9 heteroatoms. The number of amides is 1. The van der Waals surface area contributed by atoms with Crippen molar-refractivity contribution >= 4 is 34.3 Å². The molecule has 5 rings (SSSR count). The summed E-state index contributed by atoms with van der Waals surface area (Å²) in [7, 11) is 0. The molecule has 4 heterocycles. The van der Waals surface area contributed by atoms with Crippen molar-refractivity contribution in [2.24, 2.45) is 0 Å². The molecule has 1 N–H and O–H groups in total. The number of benzene rings is 1. The third-order valence-electron chi connectivity index (χ3n) is 6.05. The molecule has 168 valence electrons. The molecule has 3 aromatic heterocycles. The van der Waals surface area contributed by atoms with Crippen LogP contribution in [0.2, 0.25) is 0 Å². The molecule has 1 aliphatic rings. The fourth-order valence-electron chi connectivity index (χ4n) is 4.09. The van der Waals surface area contributed by atoms with Crippen molar-refractivity contribution in [1.29, 1.82) is 0 Å². The van der Waals surface area contributed by atoms with E-state index in [1.165, 1.54) is 5.56 Å². The highest BCUT2D eigenvalue weighted by Crippen LogP contribution is 2.25. The monoisotopic (exact) mass is 442 g/mol. The number of carbonyl (C=O) groups is 1. The lowest BCUT2D eigenvalue weighted by molar-refractivity contribution is -0.116. The fraction of sp³-hybridized carbons (Fsp3) is 0.292. The maximum absolute atomic E-state index is 12.6. The Kier molecular flexibility index (Phi) is 5.60. The van der Waals surface area contributed by atoms with Crippen LogP contribution >= 0.6 is 0 Å². The van der Waals surface area contributed by atoms with Crippen molar-refractivity contribution in [2.45, 2.75) is 20.4 Å². The number of pyridine rings is 1. The van der Waals surface area contributed by atoms with Crippen LogP contribution in [0.25, 0.3) is 11.0 Å². The number of carbonyl (C=O) groups excluding carboxylic acids is 1. The molecular formula is C24H26N8O. The van der Waals surface area contributed by atoms with E-state index < -0.39 is 0 Å². The van der Waals surface area contributed by atoms with Gasteiger partial charge in [-0.2, -0.15) is 5.10 Å². The SMILES string of the molecule is Cc1ccc(NC(=O)Cn2ncc3c(N4CCN(c5ccccn5)CC4)ncnc32)cc1C. The van der Waals surface area contributed by atoms with Crippen LogP contribution in [0.1, 0.15) is 11.1 Å². The van der Waals surface area contributed by atoms with Crippen molar-refractivity contribution in [2.75, 3.05) is 41.3 Å². The van der Waals surface area contributed by atoms with Crippen LogP contribution in [0, 0.1) is 13.8 Å². The van der Waals surface area contributed by atoms with Crippen LogP contribution in [-0.4, -0.2) is 56.8 Å². The molecule has 0 spiro atoms. The quantitative estimate of drug-likeness (QED) is 0.508. The molecule has 1 fully saturated rings. The first-order valence-electron chi connectivity index (χ1n) is 11.0. The lowest BCUT2D eigenvalue weighted by atomic mass is 10.1. The van der Waals surface area contributed by atoms with E-state index >= 15 is 0 Å². The predicted molar refractivity (Wildman–Crippen MR) is 129 cm³/mol. The Morgan fingerprint density at radius 2 is 1.79 bits per heavy atom. The normalized spacial score (nSPS) is 14.0. The Morgan fingerprint density at radius 1 is 0.970 bits per heavy atom. The van der Waals surface area contributed by atoms with Gasteiger partial charge in [-0.25, -0.2) is 19.6 Å². The number of hydrogen-bond donors (Lipinski definition) is 1. The van der Waals surface area contributed by atoms with Crippen LogP contribution in [0.5, 0.6) is 0 Å². The maximum atomic E-state index is 12.6. The van der Waals surface area contributed by atoms with Gasteiger partial charge in [0.1, 0.15) is 24.5 Å². The van der Waals surface area contributed by atoms with Crippen molar-refractivity contribution in [3.8, 4) is 0 Å². The Hall–Kier alpha value is -4.01. The van der Waals surface area contributed by atoms with Gasteiger partial charge in [-0.3, -0.25) is 4.79 Å². The Bertz CT molecular complexity index is 1280. The minimum Gasteiger partial charge on any atom is -0.353 e. The number of rotatable bonds is 5. The second-order valence-electron chi connectivity index (χ2n) is 8.25. The summed E-state index contributed by atoms with van der Waals surface area (Å²) in [6, 6.07) is 11.9. The summed E-state index contributed by atoms with van der Waals surface area (Å²) in [6.07, 6.45) is 5.11. The van der Waals surface area contributed by atoms with Crippen LogP contribution < -0.4 is 15.1 Å². The molecule has 33 heavy (non-hydrogen) atoms. The molecule has 1 aromatic carbocycles. The summed E-state index contributed by atoms with van der Waals surface area (Å²) in [5.74, 6) is 1.70. The minimum atomic E-state index is -0.146. The van der Waals surface area contributed by atoms with E-state index in [0.717, 1.165) is 54.5 Å². The summed E-state index contributed by atoms with van der Waals surface area (Å²) in [5, 5.41) is 8.23. The van der Waals surface area contributed by atoms with Crippen LogP contribution in [0.4, 0.5) is 17.3 Å². The van der Waals surface area contributed by atoms with Gasteiger partial charge in [-0.05, 0) is 49.2 Å². The molecule has 4 aromatic rings. The zero-order valence-corrected chi connectivity index (χ0v) is 18.8. The minimum absolute atomic E-state index is 0.0837. The molecule has 9 nitrogen and oxygen atoms in total. The zero-order chi connectivity index (χ0) is 22.8. The standard InChI is InChI=1S/C24H26N8O/c1-17-6-7-19(13-18(17)2)29-22(33)15-32-24-20(14-28-32)23(26-16-27-24)31-11-9-30(10-12-31)21-5-3-4-8-25-21/h3-8,13-14,16H,9-12,15H2,1-2H3,(H,29,33). The molecule has 0 unspecified atom stereocenters. The number of fused-ring (bicyclic) bond motifs is 1. The van der Waals surface area contributed by atoms with Gasteiger partial charge in [0, 0.05) is 38.1 Å². The molecule has 0 atom stereocenters. The molecule has 0 aliphatic carbocycles. The van der Waals surface area contributed by atoms with E-state index in [1.807, 2.05) is 56.4 Å². The van der Waals surface area contributed by atoms with Crippen molar-refractivity contribution < 1.29 is 4.79 Å². The number of hydrogen-bond acceptors (Lipinski definition) is 7.